The van der Waals surface area contributed by atoms with Crippen molar-refractivity contribution in [1.29, 1.82) is 0 Å². The van der Waals surface area contributed by atoms with Gasteiger partial charge in [-0.1, -0.05) is 42.1 Å². The molecular weight excluding hydrogens is 464 g/mol. The molecule has 4 aromatic rings. The van der Waals surface area contributed by atoms with E-state index in [0.29, 0.717) is 35.4 Å². The number of benzene rings is 3. The van der Waals surface area contributed by atoms with E-state index in [1.54, 1.807) is 55.5 Å². The minimum Gasteiger partial charge on any atom is -0.508 e. The van der Waals surface area contributed by atoms with Gasteiger partial charge >= 0.3 is 5.97 Å². The van der Waals surface area contributed by atoms with Crippen LogP contribution in [-0.4, -0.2) is 44.1 Å². The molecule has 0 aliphatic heterocycles. The monoisotopic (exact) mass is 488 g/mol. The highest BCUT2D eigenvalue weighted by atomic mass is 32.2. The van der Waals surface area contributed by atoms with Crippen LogP contribution in [-0.2, 0) is 16.1 Å². The summed E-state index contributed by atoms with van der Waals surface area (Å²) < 4.78 is 6.92. The van der Waals surface area contributed by atoms with Crippen molar-refractivity contribution in [3.05, 3.63) is 90.0 Å². The average Bonchev–Trinajstić information content (AvgIpc) is 3.26. The van der Waals surface area contributed by atoms with Crippen LogP contribution in [0.4, 0.5) is 5.69 Å². The van der Waals surface area contributed by atoms with Crippen LogP contribution in [0.5, 0.6) is 5.75 Å². The van der Waals surface area contributed by atoms with Gasteiger partial charge in [-0.25, -0.2) is 4.79 Å². The van der Waals surface area contributed by atoms with Crippen LogP contribution >= 0.6 is 11.8 Å². The van der Waals surface area contributed by atoms with Crippen LogP contribution in [0, 0.1) is 0 Å². The number of hydrogen-bond donors (Lipinski definition) is 2. The highest BCUT2D eigenvalue weighted by molar-refractivity contribution is 7.99. The van der Waals surface area contributed by atoms with E-state index in [-0.39, 0.29) is 17.4 Å². The molecule has 1 amide bonds. The first kappa shape index (κ1) is 24.0. The van der Waals surface area contributed by atoms with E-state index in [1.165, 1.54) is 11.8 Å². The number of thioether (sulfide) groups is 1. The molecule has 8 nitrogen and oxygen atoms in total. The van der Waals surface area contributed by atoms with Gasteiger partial charge in [-0.2, -0.15) is 0 Å². The number of aromatic hydroxyl groups is 1. The summed E-state index contributed by atoms with van der Waals surface area (Å²) in [6.07, 6.45) is 0. The maximum Gasteiger partial charge on any atom is 0.338 e. The van der Waals surface area contributed by atoms with Crippen molar-refractivity contribution in [3.63, 3.8) is 0 Å². The van der Waals surface area contributed by atoms with Crippen molar-refractivity contribution in [2.24, 2.45) is 0 Å². The molecule has 1 heterocycles. The summed E-state index contributed by atoms with van der Waals surface area (Å²) >= 11 is 1.28. The largest absolute Gasteiger partial charge is 0.508 e. The summed E-state index contributed by atoms with van der Waals surface area (Å²) in [5, 5.41) is 21.7. The van der Waals surface area contributed by atoms with Crippen LogP contribution in [0.15, 0.2) is 84.0 Å². The first-order valence-electron chi connectivity index (χ1n) is 11.0. The Labute approximate surface area is 207 Å². The lowest BCUT2D eigenvalue weighted by molar-refractivity contribution is -0.113. The Morgan fingerprint density at radius 3 is 2.37 bits per heavy atom. The molecule has 0 unspecified atom stereocenters. The lowest BCUT2D eigenvalue weighted by atomic mass is 10.2. The molecule has 0 saturated carbocycles. The Balaban J connectivity index is 1.47. The summed E-state index contributed by atoms with van der Waals surface area (Å²) in [7, 11) is 0. The van der Waals surface area contributed by atoms with Crippen molar-refractivity contribution in [1.82, 2.24) is 14.8 Å². The van der Waals surface area contributed by atoms with E-state index in [9.17, 15) is 14.7 Å². The van der Waals surface area contributed by atoms with Crippen molar-refractivity contribution in [3.8, 4) is 17.1 Å². The lowest BCUT2D eigenvalue weighted by Crippen LogP contribution is -2.15. The van der Waals surface area contributed by atoms with Crippen molar-refractivity contribution in [2.75, 3.05) is 17.7 Å². The fourth-order valence-electron chi connectivity index (χ4n) is 3.36. The normalized spacial score (nSPS) is 10.7. The van der Waals surface area contributed by atoms with Gasteiger partial charge in [0.2, 0.25) is 5.91 Å². The van der Waals surface area contributed by atoms with Gasteiger partial charge in [0.15, 0.2) is 11.0 Å². The molecule has 0 bridgehead atoms. The number of aromatic nitrogens is 3. The van der Waals surface area contributed by atoms with Gasteiger partial charge in [0.25, 0.3) is 0 Å². The number of nitrogens with one attached hydrogen (secondary N) is 1. The zero-order chi connectivity index (χ0) is 24.6. The Kier molecular flexibility index (Phi) is 7.79. The topological polar surface area (TPSA) is 106 Å². The minimum atomic E-state index is -0.400. The number of amides is 1. The third-order valence-electron chi connectivity index (χ3n) is 5.04. The predicted octanol–water partition coefficient (Wildman–Crippen LogP) is 4.61. The molecule has 0 spiro atoms. The van der Waals surface area contributed by atoms with Crippen LogP contribution in [0.1, 0.15) is 22.8 Å². The third-order valence-corrected chi connectivity index (χ3v) is 6.00. The van der Waals surface area contributed by atoms with Gasteiger partial charge in [-0.05, 0) is 61.0 Å². The van der Waals surface area contributed by atoms with Crippen LogP contribution in [0.2, 0.25) is 0 Å². The van der Waals surface area contributed by atoms with E-state index in [1.807, 2.05) is 34.9 Å². The molecule has 3 aromatic carbocycles. The molecule has 0 radical (unpaired) electrons. The van der Waals surface area contributed by atoms with Gasteiger partial charge in [0, 0.05) is 11.3 Å². The number of anilines is 1. The van der Waals surface area contributed by atoms with Crippen LogP contribution in [0.3, 0.4) is 0 Å². The number of ether oxygens (including phenoxy) is 1. The number of carbonyl (C=O) groups is 2. The zero-order valence-corrected chi connectivity index (χ0v) is 19.9. The van der Waals surface area contributed by atoms with Gasteiger partial charge < -0.3 is 15.2 Å². The molecule has 0 saturated heterocycles. The second-order valence-corrected chi connectivity index (χ2v) is 8.50. The molecule has 0 fully saturated rings. The number of hydrogen-bond acceptors (Lipinski definition) is 7. The maximum absolute atomic E-state index is 12.6. The summed E-state index contributed by atoms with van der Waals surface area (Å²) in [6.45, 7) is 2.58. The number of rotatable bonds is 9. The Hall–Kier alpha value is -4.11. The van der Waals surface area contributed by atoms with Gasteiger partial charge in [0.1, 0.15) is 5.75 Å². The maximum atomic E-state index is 12.6. The fourth-order valence-corrected chi connectivity index (χ4v) is 4.10. The summed E-state index contributed by atoms with van der Waals surface area (Å²) in [5.41, 5.74) is 2.89. The van der Waals surface area contributed by atoms with Gasteiger partial charge in [-0.15, -0.1) is 10.2 Å². The second-order valence-electron chi connectivity index (χ2n) is 7.56. The molecule has 178 valence electrons. The van der Waals surface area contributed by atoms with Crippen molar-refractivity contribution in [2.45, 2.75) is 18.6 Å². The van der Waals surface area contributed by atoms with Crippen molar-refractivity contribution >= 4 is 29.3 Å². The molecule has 9 heteroatoms. The standard InChI is InChI=1S/C26H24N4O4S/c1-2-34-25(33)20-8-12-21(13-9-20)27-23(32)17-35-26-29-28-24(19-10-14-22(31)15-11-19)30(26)16-18-6-4-3-5-7-18/h3-15,31H,2,16-17H2,1H3,(H,27,32). The summed E-state index contributed by atoms with van der Waals surface area (Å²) in [5.74, 6) is 0.334. The summed E-state index contributed by atoms with van der Waals surface area (Å²) in [4.78, 5) is 24.4. The van der Waals surface area contributed by atoms with Crippen LogP contribution < -0.4 is 5.32 Å². The quantitative estimate of drug-likeness (QED) is 0.262. The average molecular weight is 489 g/mol. The Bertz CT molecular complexity index is 1290. The highest BCUT2D eigenvalue weighted by Gasteiger charge is 2.16. The second kappa shape index (κ2) is 11.3. The molecule has 0 atom stereocenters. The SMILES string of the molecule is CCOC(=O)c1ccc(NC(=O)CSc2nnc(-c3ccc(O)cc3)n2Cc2ccccc2)cc1. The van der Waals surface area contributed by atoms with E-state index in [4.69, 9.17) is 4.74 Å². The number of phenols is 1. The predicted molar refractivity (Wildman–Crippen MR) is 134 cm³/mol. The van der Waals surface area contributed by atoms with E-state index < -0.39 is 5.97 Å². The zero-order valence-electron chi connectivity index (χ0n) is 19.0. The molecule has 4 rings (SSSR count). The minimum absolute atomic E-state index is 0.127. The van der Waals surface area contributed by atoms with Gasteiger partial charge in [0.05, 0.1) is 24.5 Å². The van der Waals surface area contributed by atoms with E-state index >= 15 is 0 Å². The van der Waals surface area contributed by atoms with Crippen LogP contribution in [0.25, 0.3) is 11.4 Å². The molecule has 35 heavy (non-hydrogen) atoms. The number of phenolic OH excluding ortho intramolecular Hbond substituents is 1. The summed E-state index contributed by atoms with van der Waals surface area (Å²) in [6, 6.07) is 23.2. The lowest BCUT2D eigenvalue weighted by Gasteiger charge is -2.11. The van der Waals surface area contributed by atoms with Crippen molar-refractivity contribution < 1.29 is 19.4 Å². The smallest absolute Gasteiger partial charge is 0.338 e. The molecule has 0 aliphatic rings. The molecule has 1 aromatic heterocycles. The van der Waals surface area contributed by atoms with Gasteiger partial charge in [-0.3, -0.25) is 9.36 Å². The Morgan fingerprint density at radius 1 is 0.971 bits per heavy atom. The number of carbonyl (C=O) groups excluding carboxylic acids is 2. The first-order valence-corrected chi connectivity index (χ1v) is 12.0. The molecule has 0 aliphatic carbocycles. The first-order chi connectivity index (χ1) is 17.0. The molecular formula is C26H24N4O4S. The number of nitrogens with zero attached hydrogens (tertiary/aromatic N) is 3. The highest BCUT2D eigenvalue weighted by Crippen LogP contribution is 2.26. The Morgan fingerprint density at radius 2 is 1.69 bits per heavy atom. The van der Waals surface area contributed by atoms with E-state index in [0.717, 1.165) is 11.1 Å². The molecule has 2 N–H and O–H groups in total. The third kappa shape index (κ3) is 6.27. The fraction of sp³-hybridized carbons (Fsp3) is 0.154. The van der Waals surface area contributed by atoms with E-state index in [2.05, 4.69) is 15.5 Å². The number of esters is 1.